The number of benzene rings is 2. The summed E-state index contributed by atoms with van der Waals surface area (Å²) in [5, 5.41) is 0. The number of unbranched alkanes of at least 4 members (excludes halogenated alkanes) is 1. The molecule has 7 heteroatoms. The van der Waals surface area contributed by atoms with Gasteiger partial charge in [0.15, 0.2) is 0 Å². The van der Waals surface area contributed by atoms with Gasteiger partial charge < -0.3 is 4.90 Å². The van der Waals surface area contributed by atoms with Crippen molar-refractivity contribution in [3.05, 3.63) is 69.0 Å². The summed E-state index contributed by atoms with van der Waals surface area (Å²) in [6.07, 6.45) is 1.89. The Bertz CT molecular complexity index is 1070. The zero-order valence-corrected chi connectivity index (χ0v) is 19.9. The number of hydrogen-bond donors (Lipinski definition) is 0. The number of thioether (sulfide) groups is 1. The number of carbonyl (C=O) groups is 2. The van der Waals surface area contributed by atoms with Crippen LogP contribution in [0.4, 0.5) is 5.69 Å². The first-order valence-corrected chi connectivity index (χ1v) is 11.9. The first kappa shape index (κ1) is 21.3. The predicted molar refractivity (Wildman–Crippen MR) is 130 cm³/mol. The lowest BCUT2D eigenvalue weighted by Crippen LogP contribution is -2.32. The zero-order chi connectivity index (χ0) is 21.4. The van der Waals surface area contributed by atoms with Crippen molar-refractivity contribution < 1.29 is 9.59 Å². The van der Waals surface area contributed by atoms with Crippen molar-refractivity contribution in [2.75, 3.05) is 11.4 Å². The largest absolute Gasteiger partial charge is 0.308 e. The van der Waals surface area contributed by atoms with E-state index >= 15 is 0 Å². The molecule has 0 N–H and O–H groups in total. The lowest BCUT2D eigenvalue weighted by Gasteiger charge is -2.23. The predicted octanol–water partition coefficient (Wildman–Crippen LogP) is 5.93. The molecule has 0 aromatic heterocycles. The number of fused-ring (bicyclic) bond motifs is 1. The van der Waals surface area contributed by atoms with E-state index in [4.69, 9.17) is 12.2 Å². The molecule has 2 amide bonds. The van der Waals surface area contributed by atoms with Gasteiger partial charge in [-0.25, -0.2) is 0 Å². The number of hydrogen-bond acceptors (Lipinski definition) is 4. The van der Waals surface area contributed by atoms with Crippen LogP contribution < -0.4 is 4.90 Å². The van der Waals surface area contributed by atoms with Gasteiger partial charge in [0.25, 0.3) is 11.8 Å². The smallest absolute Gasteiger partial charge is 0.267 e. The molecular formula is C23H21BrN2O2S2. The fourth-order valence-corrected chi connectivity index (χ4v) is 5.66. The molecule has 2 aliphatic heterocycles. The molecule has 1 fully saturated rings. The standard InChI is InChI=1S/C23H21BrN2O2S2/c1-3-4-12-25-18-11-10-16(24)13-17(18)19(21(25)27)20-22(28)26(23(29)30-20)14(2)15-8-6-5-7-9-15/h5-11,13-14H,3-4,12H2,1-2H3/b20-19-. The van der Waals surface area contributed by atoms with Gasteiger partial charge in [-0.2, -0.15) is 0 Å². The molecule has 0 radical (unpaired) electrons. The van der Waals surface area contributed by atoms with Crippen molar-refractivity contribution in [2.24, 2.45) is 0 Å². The molecule has 0 aliphatic carbocycles. The number of amides is 2. The minimum atomic E-state index is -0.202. The van der Waals surface area contributed by atoms with Crippen LogP contribution in [0.1, 0.15) is 43.9 Å². The summed E-state index contributed by atoms with van der Waals surface area (Å²) in [6.45, 7) is 4.69. The minimum absolute atomic E-state index is 0.121. The maximum absolute atomic E-state index is 13.5. The Balaban J connectivity index is 1.77. The van der Waals surface area contributed by atoms with Gasteiger partial charge in [0.05, 0.1) is 22.2 Å². The van der Waals surface area contributed by atoms with Crippen molar-refractivity contribution in [3.63, 3.8) is 0 Å². The van der Waals surface area contributed by atoms with E-state index in [1.165, 1.54) is 11.8 Å². The number of thiocarbonyl (C=S) groups is 1. The van der Waals surface area contributed by atoms with Crippen LogP contribution in [0.2, 0.25) is 0 Å². The molecule has 30 heavy (non-hydrogen) atoms. The van der Waals surface area contributed by atoms with Crippen molar-refractivity contribution >= 4 is 67.3 Å². The molecule has 0 saturated carbocycles. The fourth-order valence-electron chi connectivity index (χ4n) is 3.81. The molecule has 4 rings (SSSR count). The summed E-state index contributed by atoms with van der Waals surface area (Å²) >= 11 is 10.3. The molecule has 2 aliphatic rings. The molecule has 0 bridgehead atoms. The van der Waals surface area contributed by atoms with Crippen molar-refractivity contribution in [1.29, 1.82) is 0 Å². The third kappa shape index (κ3) is 3.63. The molecule has 2 heterocycles. The molecule has 1 atom stereocenters. The summed E-state index contributed by atoms with van der Waals surface area (Å²) in [6, 6.07) is 15.4. The van der Waals surface area contributed by atoms with Gasteiger partial charge in [0.1, 0.15) is 4.32 Å². The molecule has 0 spiro atoms. The van der Waals surface area contributed by atoms with Crippen LogP contribution in [-0.4, -0.2) is 27.6 Å². The van der Waals surface area contributed by atoms with Crippen LogP contribution >= 0.6 is 39.9 Å². The minimum Gasteiger partial charge on any atom is -0.308 e. The van der Waals surface area contributed by atoms with Gasteiger partial charge >= 0.3 is 0 Å². The molecular weight excluding hydrogens is 480 g/mol. The highest BCUT2D eigenvalue weighted by Gasteiger charge is 2.43. The van der Waals surface area contributed by atoms with E-state index < -0.39 is 0 Å². The van der Waals surface area contributed by atoms with Gasteiger partial charge in [-0.1, -0.05) is 83.6 Å². The molecule has 2 aromatic rings. The van der Waals surface area contributed by atoms with Crippen LogP contribution in [0, 0.1) is 0 Å². The van der Waals surface area contributed by atoms with Crippen LogP contribution in [0.3, 0.4) is 0 Å². The number of nitrogens with zero attached hydrogens (tertiary/aromatic N) is 2. The van der Waals surface area contributed by atoms with Crippen LogP contribution in [-0.2, 0) is 9.59 Å². The van der Waals surface area contributed by atoms with E-state index in [0.717, 1.165) is 34.1 Å². The average Bonchev–Trinajstić information content (AvgIpc) is 3.18. The highest BCUT2D eigenvalue weighted by Crippen LogP contribution is 2.47. The average molecular weight is 501 g/mol. The first-order chi connectivity index (χ1) is 14.4. The molecule has 1 saturated heterocycles. The van der Waals surface area contributed by atoms with E-state index in [1.54, 1.807) is 9.80 Å². The van der Waals surface area contributed by atoms with Crippen LogP contribution in [0.5, 0.6) is 0 Å². The lowest BCUT2D eigenvalue weighted by atomic mass is 10.1. The Morgan fingerprint density at radius 3 is 2.53 bits per heavy atom. The number of carbonyl (C=O) groups excluding carboxylic acids is 2. The summed E-state index contributed by atoms with van der Waals surface area (Å²) < 4.78 is 1.35. The monoisotopic (exact) mass is 500 g/mol. The fraction of sp³-hybridized carbons (Fsp3) is 0.261. The van der Waals surface area contributed by atoms with Gasteiger partial charge in [-0.3, -0.25) is 14.5 Å². The normalized spacial score (nSPS) is 19.6. The van der Waals surface area contributed by atoms with Crippen molar-refractivity contribution in [1.82, 2.24) is 4.90 Å². The van der Waals surface area contributed by atoms with Crippen LogP contribution in [0.25, 0.3) is 5.57 Å². The maximum Gasteiger partial charge on any atom is 0.267 e. The molecule has 2 aromatic carbocycles. The Labute approximate surface area is 194 Å². The Morgan fingerprint density at radius 2 is 1.83 bits per heavy atom. The quantitative estimate of drug-likeness (QED) is 0.376. The SMILES string of the molecule is CCCCN1C(=O)/C(=C2\SC(=S)N(C(C)c3ccccc3)C2=O)c2cc(Br)ccc21. The Hall–Kier alpha value is -1.96. The second-order valence-corrected chi connectivity index (χ2v) is 9.87. The van der Waals surface area contributed by atoms with Crippen molar-refractivity contribution in [2.45, 2.75) is 32.7 Å². The second kappa shape index (κ2) is 8.65. The topological polar surface area (TPSA) is 40.6 Å². The first-order valence-electron chi connectivity index (χ1n) is 9.90. The van der Waals surface area contributed by atoms with E-state index in [0.29, 0.717) is 21.3 Å². The highest BCUT2D eigenvalue weighted by atomic mass is 79.9. The summed E-state index contributed by atoms with van der Waals surface area (Å²) in [4.78, 5) is 30.7. The lowest BCUT2D eigenvalue weighted by molar-refractivity contribution is -0.123. The highest BCUT2D eigenvalue weighted by molar-refractivity contribution is 9.10. The van der Waals surface area contributed by atoms with Gasteiger partial charge in [-0.05, 0) is 37.1 Å². The summed E-state index contributed by atoms with van der Waals surface area (Å²) in [5.41, 5.74) is 3.11. The number of rotatable bonds is 5. The van der Waals surface area contributed by atoms with Gasteiger partial charge in [0, 0.05) is 16.6 Å². The van der Waals surface area contributed by atoms with E-state index in [1.807, 2.05) is 55.5 Å². The van der Waals surface area contributed by atoms with E-state index in [-0.39, 0.29) is 17.9 Å². The van der Waals surface area contributed by atoms with E-state index in [9.17, 15) is 9.59 Å². The van der Waals surface area contributed by atoms with Crippen LogP contribution in [0.15, 0.2) is 57.9 Å². The molecule has 1 unspecified atom stereocenters. The Kier molecular flexibility index (Phi) is 6.14. The number of anilines is 1. The zero-order valence-electron chi connectivity index (χ0n) is 16.7. The third-order valence-corrected chi connectivity index (χ3v) is 7.30. The molecule has 4 nitrogen and oxygen atoms in total. The number of halogens is 1. The van der Waals surface area contributed by atoms with Crippen molar-refractivity contribution in [3.8, 4) is 0 Å². The Morgan fingerprint density at radius 1 is 1.10 bits per heavy atom. The van der Waals surface area contributed by atoms with Gasteiger partial charge in [0.2, 0.25) is 0 Å². The van der Waals surface area contributed by atoms with E-state index in [2.05, 4.69) is 22.9 Å². The van der Waals surface area contributed by atoms with Gasteiger partial charge in [-0.15, -0.1) is 0 Å². The molecule has 154 valence electrons. The summed E-state index contributed by atoms with van der Waals surface area (Å²) in [7, 11) is 0. The third-order valence-electron chi connectivity index (χ3n) is 5.41. The summed E-state index contributed by atoms with van der Waals surface area (Å²) in [5.74, 6) is -0.322. The maximum atomic E-state index is 13.5. The second-order valence-electron chi connectivity index (χ2n) is 7.31.